The summed E-state index contributed by atoms with van der Waals surface area (Å²) in [7, 11) is 4.12. The Morgan fingerprint density at radius 3 is 1.73 bits per heavy atom. The molecule has 3 aromatic carbocycles. The van der Waals surface area contributed by atoms with Crippen LogP contribution in [0.5, 0.6) is 17.2 Å². The van der Waals surface area contributed by atoms with Gasteiger partial charge < -0.3 is 33.3 Å². The smallest absolute Gasteiger partial charge is 0.343 e. The van der Waals surface area contributed by atoms with Gasteiger partial charge in [-0.15, -0.1) is 0 Å². The second-order valence-electron chi connectivity index (χ2n) is 14.8. The molecule has 0 N–H and O–H groups in total. The van der Waals surface area contributed by atoms with Crippen LogP contribution < -0.4 is 14.4 Å². The van der Waals surface area contributed by atoms with Gasteiger partial charge in [-0.3, -0.25) is 0 Å². The molecular weight excluding hydrogens is 809 g/mol. The molecule has 0 bridgehead atoms. The van der Waals surface area contributed by atoms with Crippen LogP contribution in [0.25, 0.3) is 12.2 Å². The molecule has 340 valence electrons. The van der Waals surface area contributed by atoms with Crippen molar-refractivity contribution in [2.45, 2.75) is 96.8 Å². The van der Waals surface area contributed by atoms with Crippen LogP contribution in [0.2, 0.25) is 0 Å². The first-order valence-corrected chi connectivity index (χ1v) is 21.5. The van der Waals surface area contributed by atoms with E-state index in [-0.39, 0.29) is 18.3 Å². The van der Waals surface area contributed by atoms with Gasteiger partial charge in [0.2, 0.25) is 5.75 Å². The molecule has 13 heteroatoms. The Balaban J connectivity index is 1.48. The summed E-state index contributed by atoms with van der Waals surface area (Å²) >= 11 is 0. The second kappa shape index (κ2) is 29.9. The average Bonchev–Trinajstić information content (AvgIpc) is 3.29. The van der Waals surface area contributed by atoms with Gasteiger partial charge in [-0.25, -0.2) is 24.0 Å². The van der Waals surface area contributed by atoms with Gasteiger partial charge in [-0.1, -0.05) is 88.6 Å². The second-order valence-corrected chi connectivity index (χ2v) is 14.8. The van der Waals surface area contributed by atoms with Gasteiger partial charge in [0.15, 0.2) is 5.75 Å². The molecule has 0 atom stereocenters. The summed E-state index contributed by atoms with van der Waals surface area (Å²) in [4.78, 5) is 71.7. The molecule has 0 saturated heterocycles. The van der Waals surface area contributed by atoms with Crippen LogP contribution in [0, 0.1) is 0 Å². The predicted octanol–water partition coefficient (Wildman–Crippen LogP) is 10.2. The highest BCUT2D eigenvalue weighted by Crippen LogP contribution is 2.29. The van der Waals surface area contributed by atoms with Crippen molar-refractivity contribution < 1.29 is 62.2 Å². The fourth-order valence-corrected chi connectivity index (χ4v) is 6.15. The first kappa shape index (κ1) is 51.1. The summed E-state index contributed by atoms with van der Waals surface area (Å²) in [5.74, 6) is -1.26. The van der Waals surface area contributed by atoms with Crippen molar-refractivity contribution in [3.8, 4) is 17.2 Å². The monoisotopic (exact) mass is 870 g/mol. The number of ether oxygens (including phenoxy) is 6. The summed E-state index contributed by atoms with van der Waals surface area (Å²) in [5, 5.41) is 0. The molecule has 0 saturated carbocycles. The molecule has 0 unspecified atom stereocenters. The van der Waals surface area contributed by atoms with Gasteiger partial charge in [0.1, 0.15) is 5.75 Å². The molecule has 0 amide bonds. The minimum absolute atomic E-state index is 0.222. The summed E-state index contributed by atoms with van der Waals surface area (Å²) in [5.41, 5.74) is 3.31. The van der Waals surface area contributed by atoms with Crippen LogP contribution in [-0.2, 0) is 44.6 Å². The maximum atomic E-state index is 13.5. The molecule has 0 radical (unpaired) electrons. The lowest BCUT2D eigenvalue weighted by Crippen LogP contribution is -2.12. The number of carbonyl (C=O) groups excluding carboxylic acids is 5. The van der Waals surface area contributed by atoms with Crippen LogP contribution in [-0.4, -0.2) is 71.0 Å². The molecule has 3 aromatic rings. The summed E-state index contributed by atoms with van der Waals surface area (Å²) in [6, 6.07) is 16.8. The van der Waals surface area contributed by atoms with E-state index in [1.54, 1.807) is 79.7 Å². The van der Waals surface area contributed by atoms with Crippen LogP contribution >= 0.6 is 0 Å². The molecular formula is C50H62O13. The molecule has 3 rings (SSSR count). The van der Waals surface area contributed by atoms with Crippen LogP contribution in [0.1, 0.15) is 128 Å². The van der Waals surface area contributed by atoms with E-state index in [0.717, 1.165) is 94.6 Å². The minimum Gasteiger partial charge on any atom is -0.493 e. The number of rotatable bonds is 30. The largest absolute Gasteiger partial charge is 0.493 e. The maximum Gasteiger partial charge on any atom is 0.343 e. The quantitative estimate of drug-likeness (QED) is 0.0119. The number of aryl methyl sites for hydroxylation is 1. The van der Waals surface area contributed by atoms with E-state index in [2.05, 4.69) is 16.1 Å². The molecule has 0 aromatic heterocycles. The van der Waals surface area contributed by atoms with Crippen molar-refractivity contribution in [1.82, 2.24) is 0 Å². The molecule has 0 heterocycles. The van der Waals surface area contributed by atoms with E-state index < -0.39 is 23.9 Å². The van der Waals surface area contributed by atoms with Gasteiger partial charge >= 0.3 is 29.8 Å². The van der Waals surface area contributed by atoms with Gasteiger partial charge in [0.05, 0.1) is 52.3 Å². The Bertz CT molecular complexity index is 1980. The van der Waals surface area contributed by atoms with Gasteiger partial charge in [-0.05, 0) is 104 Å². The van der Waals surface area contributed by atoms with Gasteiger partial charge in [0, 0.05) is 17.7 Å². The molecule has 0 fully saturated rings. The highest BCUT2D eigenvalue weighted by atomic mass is 17.2. The third-order valence-corrected chi connectivity index (χ3v) is 9.75. The number of unbranched alkanes of at least 4 members (excludes halogenated alkanes) is 11. The zero-order valence-electron chi connectivity index (χ0n) is 37.1. The van der Waals surface area contributed by atoms with E-state index in [0.29, 0.717) is 53.4 Å². The van der Waals surface area contributed by atoms with Crippen molar-refractivity contribution in [2.75, 3.05) is 41.2 Å². The lowest BCUT2D eigenvalue weighted by atomic mass is 10.0. The third-order valence-electron chi connectivity index (χ3n) is 9.75. The lowest BCUT2D eigenvalue weighted by Gasteiger charge is -2.13. The van der Waals surface area contributed by atoms with Crippen LogP contribution in [0.4, 0.5) is 0 Å². The van der Waals surface area contributed by atoms with E-state index in [9.17, 15) is 24.0 Å². The number of hydrogen-bond donors (Lipinski definition) is 0. The molecule has 0 aliphatic carbocycles. The Hall–Kier alpha value is -6.21. The van der Waals surface area contributed by atoms with Crippen molar-refractivity contribution in [3.05, 3.63) is 113 Å². The van der Waals surface area contributed by atoms with Crippen molar-refractivity contribution in [2.24, 2.45) is 0 Å². The van der Waals surface area contributed by atoms with Crippen LogP contribution in [0.15, 0.2) is 85.0 Å². The van der Waals surface area contributed by atoms with E-state index in [1.807, 2.05) is 0 Å². The first-order valence-electron chi connectivity index (χ1n) is 21.5. The Labute approximate surface area is 371 Å². The zero-order chi connectivity index (χ0) is 45.7. The molecule has 0 aliphatic heterocycles. The first-order chi connectivity index (χ1) is 30.5. The van der Waals surface area contributed by atoms with Gasteiger partial charge in [-0.2, -0.15) is 4.89 Å². The summed E-state index contributed by atoms with van der Waals surface area (Å²) in [6.45, 7) is 6.30. The number of esters is 5. The van der Waals surface area contributed by atoms with E-state index in [1.165, 1.54) is 33.5 Å². The minimum atomic E-state index is -0.593. The number of carbonyl (C=O) groups is 5. The van der Waals surface area contributed by atoms with Crippen molar-refractivity contribution in [3.63, 3.8) is 0 Å². The van der Waals surface area contributed by atoms with E-state index in [4.69, 9.17) is 28.7 Å². The highest BCUT2D eigenvalue weighted by Gasteiger charge is 2.17. The molecule has 0 aliphatic rings. The number of methoxy groups -OCH3 is 3. The normalized spacial score (nSPS) is 11.0. The highest BCUT2D eigenvalue weighted by molar-refractivity contribution is 5.94. The Morgan fingerprint density at radius 2 is 1.13 bits per heavy atom. The van der Waals surface area contributed by atoms with Gasteiger partial charge in [0.25, 0.3) is 0 Å². The Morgan fingerprint density at radius 1 is 0.571 bits per heavy atom. The van der Waals surface area contributed by atoms with Crippen molar-refractivity contribution >= 4 is 42.0 Å². The third kappa shape index (κ3) is 20.5. The van der Waals surface area contributed by atoms with Crippen molar-refractivity contribution in [1.29, 1.82) is 0 Å². The summed E-state index contributed by atoms with van der Waals surface area (Å²) in [6.07, 6.45) is 18.7. The Kier molecular flexibility index (Phi) is 24.3. The SMILES string of the molecule is C=C(C)C(=O)OCCCCCCCCCCCOC(=O)c1cc(OC(=O)c2ccc(C=CC(=O)OC)cc2)ccc1CCCCCCOOc1ccc(C=CC(=O)OC)cc1OC. The van der Waals surface area contributed by atoms with Crippen LogP contribution in [0.3, 0.4) is 0 Å². The summed E-state index contributed by atoms with van der Waals surface area (Å²) < 4.78 is 31.2. The lowest BCUT2D eigenvalue weighted by molar-refractivity contribution is -0.208. The molecule has 63 heavy (non-hydrogen) atoms. The standard InChI is InChI=1S/C50H62O13/c1-37(2)48(53)59-32-16-12-9-7-6-8-10-13-17-33-60-50(55)43-36-42(62-49(54)41-25-20-38(21-26-41)23-30-46(51)57-4)28-27-40(43)19-15-11-14-18-34-61-63-44-29-22-39(35-45(44)56-3)24-31-47(52)58-5/h20-31,35-36H,1,6-19,32-34H2,2-5H3. The fourth-order valence-electron chi connectivity index (χ4n) is 6.15. The van der Waals surface area contributed by atoms with E-state index >= 15 is 0 Å². The average molecular weight is 871 g/mol. The molecule has 13 nitrogen and oxygen atoms in total. The topological polar surface area (TPSA) is 159 Å². The number of benzene rings is 3. The maximum absolute atomic E-state index is 13.5. The zero-order valence-corrected chi connectivity index (χ0v) is 37.1. The fraction of sp³-hybridized carbons (Fsp3) is 0.420. The molecule has 0 spiro atoms. The predicted molar refractivity (Wildman–Crippen MR) is 239 cm³/mol. The number of hydrogen-bond acceptors (Lipinski definition) is 13.